The maximum absolute atomic E-state index is 13.5. The summed E-state index contributed by atoms with van der Waals surface area (Å²) >= 11 is 5.45. The van der Waals surface area contributed by atoms with E-state index in [-0.39, 0.29) is 23.4 Å². The van der Waals surface area contributed by atoms with Gasteiger partial charge in [-0.25, -0.2) is 0 Å². The number of hydrogen-bond acceptors (Lipinski definition) is 8. The second-order valence-electron chi connectivity index (χ2n) is 19.3. The summed E-state index contributed by atoms with van der Waals surface area (Å²) in [6.07, 6.45) is 21.1. The van der Waals surface area contributed by atoms with Crippen molar-refractivity contribution in [2.75, 3.05) is 30.4 Å². The van der Waals surface area contributed by atoms with Gasteiger partial charge >= 0.3 is 12.0 Å². The molecule has 0 aromatic carbocycles. The topological polar surface area (TPSA) is 73.3 Å². The molecule has 1 aromatic rings. The summed E-state index contributed by atoms with van der Waals surface area (Å²) in [5, 5.41) is 4.20. The Bertz CT molecular complexity index is 1640. The van der Waals surface area contributed by atoms with Gasteiger partial charge in [0.1, 0.15) is 12.0 Å². The van der Waals surface area contributed by atoms with Crippen molar-refractivity contribution in [3.63, 3.8) is 0 Å². The minimum atomic E-state index is -0.718. The van der Waals surface area contributed by atoms with Crippen molar-refractivity contribution in [2.45, 2.75) is 135 Å². The van der Waals surface area contributed by atoms with Crippen LogP contribution in [0.2, 0.25) is 0 Å². The molecule has 0 spiro atoms. The van der Waals surface area contributed by atoms with Gasteiger partial charge in [-0.1, -0.05) is 93.3 Å². The molecule has 7 rings (SSSR count). The average Bonchev–Trinajstić information content (AvgIpc) is 3.76. The quantitative estimate of drug-likeness (QED) is 0.0780. The number of aromatic nitrogens is 2. The zero-order valence-electron chi connectivity index (χ0n) is 33.9. The zero-order valence-corrected chi connectivity index (χ0v) is 37.7. The predicted octanol–water partition coefficient (Wildman–Crippen LogP) is 11.3. The summed E-state index contributed by atoms with van der Waals surface area (Å²) in [4.78, 5) is 18.0. The summed E-state index contributed by atoms with van der Waals surface area (Å²) in [6, 6.07) is 0.361. The number of alkyl halides is 1. The lowest BCUT2D eigenvalue weighted by molar-refractivity contribution is -0.221. The third kappa shape index (κ3) is 6.36. The standard InChI is InChI=1S/C44H66IN3O3S2/c1-10-50-36(49)43(27-51-37-47-38(52-9)53-48-37)20-13-29(14-21-43)31-16-18-40(6)33(39(31,4)5)17-19-42(8)34(40)12-11-32-35-30(28(2)3)15-22-44(35,46-26-25-45)24-23-41(32,42)7/h13,16,30,32-35,46H,2,10-12,14-15,17-27H2,1,3-9H3/t30-,32+,33-,34+,35+,40-,41+,42+,43?,44-/m0/s1. The highest BCUT2D eigenvalue weighted by molar-refractivity contribution is 14.1. The maximum Gasteiger partial charge on any atom is 0.329 e. The molecule has 0 amide bonds. The first-order chi connectivity index (χ1) is 25.1. The number of thioether (sulfide) groups is 1. The number of hydrogen-bond donors (Lipinski definition) is 1. The summed E-state index contributed by atoms with van der Waals surface area (Å²) in [5.41, 5.74) is 5.02. The lowest BCUT2D eigenvalue weighted by Gasteiger charge is -2.72. The van der Waals surface area contributed by atoms with Gasteiger partial charge in [0, 0.05) is 16.5 Å². The summed E-state index contributed by atoms with van der Waals surface area (Å²) < 4.78 is 18.2. The molecule has 294 valence electrons. The SMILES string of the molecule is C=C(C)[C@@H]1CC[C@]2(NCCI)CC[C@]3(C)[C@H](CC[C@@H]4[C@@]5(C)CC=C(C6=CCC(COc7nsc(SC)n7)(C(=O)OCC)CC6)C(C)(C)[C@@H]5CC[C@]43C)[C@@H]12. The Morgan fingerprint density at radius 1 is 1.02 bits per heavy atom. The molecule has 4 fully saturated rings. The zero-order chi connectivity index (χ0) is 38.0. The van der Waals surface area contributed by atoms with Crippen molar-refractivity contribution in [1.29, 1.82) is 0 Å². The van der Waals surface area contributed by atoms with Crippen LogP contribution in [0.1, 0.15) is 126 Å². The van der Waals surface area contributed by atoms with Crippen LogP contribution < -0.4 is 10.1 Å². The number of nitrogens with zero attached hydrogens (tertiary/aromatic N) is 2. The first kappa shape index (κ1) is 40.3. The van der Waals surface area contributed by atoms with E-state index in [4.69, 9.17) is 9.47 Å². The Morgan fingerprint density at radius 2 is 1.81 bits per heavy atom. The number of esters is 1. The fourth-order valence-electron chi connectivity index (χ4n) is 14.2. The molecule has 0 saturated heterocycles. The van der Waals surface area contributed by atoms with Gasteiger partial charge in [-0.2, -0.15) is 4.98 Å². The maximum atomic E-state index is 13.5. The second kappa shape index (κ2) is 14.8. The van der Waals surface area contributed by atoms with Gasteiger partial charge in [-0.3, -0.25) is 4.79 Å². The van der Waals surface area contributed by atoms with E-state index in [1.807, 2.05) is 13.2 Å². The fraction of sp³-hybridized carbons (Fsp3) is 0.795. The van der Waals surface area contributed by atoms with Crippen LogP contribution in [0.5, 0.6) is 6.01 Å². The third-order valence-electron chi connectivity index (χ3n) is 16.9. The number of halogens is 1. The van der Waals surface area contributed by atoms with Gasteiger partial charge < -0.3 is 14.8 Å². The van der Waals surface area contributed by atoms with Crippen LogP contribution in [0, 0.1) is 56.7 Å². The molecule has 53 heavy (non-hydrogen) atoms. The Kier molecular flexibility index (Phi) is 11.2. The van der Waals surface area contributed by atoms with Crippen molar-refractivity contribution in [2.24, 2.45) is 56.7 Å². The molecule has 6 nitrogen and oxygen atoms in total. The van der Waals surface area contributed by atoms with E-state index in [9.17, 15) is 4.79 Å². The molecule has 4 saturated carbocycles. The summed E-state index contributed by atoms with van der Waals surface area (Å²) in [5.74, 6) is 3.34. The van der Waals surface area contributed by atoms with Crippen LogP contribution in [0.4, 0.5) is 0 Å². The second-order valence-corrected chi connectivity index (χ2v) is 22.2. The van der Waals surface area contributed by atoms with E-state index in [0.29, 0.717) is 53.7 Å². The van der Waals surface area contributed by atoms with Crippen LogP contribution in [0.3, 0.4) is 0 Å². The molecule has 0 aliphatic heterocycles. The van der Waals surface area contributed by atoms with Crippen LogP contribution in [-0.4, -0.2) is 51.3 Å². The number of rotatable bonds is 11. The van der Waals surface area contributed by atoms with Crippen molar-refractivity contribution < 1.29 is 14.3 Å². The van der Waals surface area contributed by atoms with E-state index in [1.54, 1.807) is 11.8 Å². The monoisotopic (exact) mass is 875 g/mol. The van der Waals surface area contributed by atoms with E-state index >= 15 is 0 Å². The minimum absolute atomic E-state index is 0.0681. The number of allylic oxidation sites excluding steroid dienone is 5. The van der Waals surface area contributed by atoms with E-state index in [2.05, 4.69) is 97.5 Å². The highest BCUT2D eigenvalue weighted by atomic mass is 127. The van der Waals surface area contributed by atoms with Crippen molar-refractivity contribution in [3.05, 3.63) is 35.5 Å². The molecule has 1 heterocycles. The predicted molar refractivity (Wildman–Crippen MR) is 228 cm³/mol. The first-order valence-electron chi connectivity index (χ1n) is 20.7. The van der Waals surface area contributed by atoms with Crippen molar-refractivity contribution in [3.8, 4) is 6.01 Å². The Hall–Kier alpha value is -0.910. The van der Waals surface area contributed by atoms with Crippen molar-refractivity contribution >= 4 is 51.9 Å². The lowest BCUT2D eigenvalue weighted by atomic mass is 9.33. The minimum Gasteiger partial charge on any atom is -0.465 e. The number of fused-ring (bicyclic) bond motifs is 7. The molecule has 1 aromatic heterocycles. The highest BCUT2D eigenvalue weighted by Gasteiger charge is 2.70. The molecule has 6 aliphatic carbocycles. The van der Waals surface area contributed by atoms with Crippen molar-refractivity contribution in [1.82, 2.24) is 14.7 Å². The highest BCUT2D eigenvalue weighted by Crippen LogP contribution is 2.76. The van der Waals surface area contributed by atoms with Gasteiger partial charge in [-0.05, 0) is 171 Å². The Morgan fingerprint density at radius 3 is 2.47 bits per heavy atom. The molecule has 0 radical (unpaired) electrons. The first-order valence-corrected chi connectivity index (χ1v) is 24.2. The van der Waals surface area contributed by atoms with Gasteiger partial charge in [0.2, 0.25) is 0 Å². The molecular formula is C44H66IN3O3S2. The van der Waals surface area contributed by atoms with Crippen LogP contribution >= 0.6 is 45.9 Å². The number of ether oxygens (including phenoxy) is 2. The van der Waals surface area contributed by atoms with E-state index < -0.39 is 5.41 Å². The molecular weight excluding hydrogens is 810 g/mol. The smallest absolute Gasteiger partial charge is 0.329 e. The van der Waals surface area contributed by atoms with E-state index in [1.165, 1.54) is 84.0 Å². The van der Waals surface area contributed by atoms with Crippen LogP contribution in [-0.2, 0) is 9.53 Å². The lowest BCUT2D eigenvalue weighted by Crippen LogP contribution is -2.68. The van der Waals surface area contributed by atoms with Gasteiger partial charge in [0.15, 0.2) is 4.34 Å². The molecule has 9 heteroatoms. The normalized spacial score (nSPS) is 41.6. The Balaban J connectivity index is 1.14. The van der Waals surface area contributed by atoms with Gasteiger partial charge in [0.05, 0.1) is 6.61 Å². The number of carbonyl (C=O) groups excluding carboxylic acids is 1. The molecule has 1 unspecified atom stereocenters. The van der Waals surface area contributed by atoms with E-state index in [0.717, 1.165) is 41.5 Å². The average molecular weight is 876 g/mol. The third-order valence-corrected chi connectivity index (χ3v) is 19.1. The van der Waals surface area contributed by atoms with Gasteiger partial charge in [0.25, 0.3) is 0 Å². The number of nitrogens with one attached hydrogen (secondary N) is 1. The molecule has 6 aliphatic rings. The van der Waals surface area contributed by atoms with Crippen LogP contribution in [0.25, 0.3) is 0 Å². The summed E-state index contributed by atoms with van der Waals surface area (Å²) in [6.45, 7) is 23.9. The number of carbonyl (C=O) groups is 1. The molecule has 1 N–H and O–H groups in total. The Labute approximate surface area is 342 Å². The van der Waals surface area contributed by atoms with Gasteiger partial charge in [-0.15, -0.1) is 4.37 Å². The fourth-order valence-corrected chi connectivity index (χ4v) is 15.5. The summed E-state index contributed by atoms with van der Waals surface area (Å²) in [7, 11) is 0. The molecule has 10 atom stereocenters. The molecule has 0 bridgehead atoms. The van der Waals surface area contributed by atoms with Crippen LogP contribution in [0.15, 0.2) is 39.8 Å². The largest absolute Gasteiger partial charge is 0.465 e.